The second-order valence-electron chi connectivity index (χ2n) is 4.24. The molecule has 0 aliphatic carbocycles. The highest BCUT2D eigenvalue weighted by Gasteiger charge is 2.00. The zero-order valence-electron chi connectivity index (χ0n) is 10.9. The second-order valence-corrected chi connectivity index (χ2v) is 4.24. The van der Waals surface area contributed by atoms with Crippen LogP contribution in [0.25, 0.3) is 0 Å². The van der Waals surface area contributed by atoms with Crippen molar-refractivity contribution in [2.75, 3.05) is 12.4 Å². The van der Waals surface area contributed by atoms with E-state index in [1.54, 1.807) is 7.11 Å². The van der Waals surface area contributed by atoms with Crippen molar-refractivity contribution in [3.8, 4) is 5.88 Å². The fourth-order valence-electron chi connectivity index (χ4n) is 1.66. The van der Waals surface area contributed by atoms with Gasteiger partial charge in [-0.3, -0.25) is 0 Å². The number of hydrogen-bond acceptors (Lipinski definition) is 4. The highest BCUT2D eigenvalue weighted by atomic mass is 16.5. The Bertz CT molecular complexity index is 523. The van der Waals surface area contributed by atoms with E-state index in [4.69, 9.17) is 4.74 Å². The molecule has 94 valence electrons. The molecule has 0 aliphatic heterocycles. The quantitative estimate of drug-likeness (QED) is 0.897. The van der Waals surface area contributed by atoms with Crippen molar-refractivity contribution in [3.63, 3.8) is 0 Å². The minimum absolute atomic E-state index is 0.533. The lowest BCUT2D eigenvalue weighted by Gasteiger charge is -2.09. The molecule has 0 spiro atoms. The molecule has 0 atom stereocenters. The molecule has 1 N–H and O–H groups in total. The molecule has 4 heteroatoms. The van der Waals surface area contributed by atoms with Crippen LogP contribution in [-0.2, 0) is 6.54 Å². The maximum atomic E-state index is 4.97. The van der Waals surface area contributed by atoms with Crippen LogP contribution >= 0.6 is 0 Å². The molecule has 0 fully saturated rings. The van der Waals surface area contributed by atoms with Gasteiger partial charge in [-0.2, -0.15) is 5.10 Å². The predicted molar refractivity (Wildman–Crippen MR) is 71.8 cm³/mol. The fourth-order valence-corrected chi connectivity index (χ4v) is 1.66. The summed E-state index contributed by atoms with van der Waals surface area (Å²) in [6, 6.07) is 10.1. The lowest BCUT2D eigenvalue weighted by Crippen LogP contribution is -2.04. The SMILES string of the molecule is COc1ccc(CNc2cc(C)ccc2C)nn1. The van der Waals surface area contributed by atoms with Gasteiger partial charge in [0.05, 0.1) is 19.3 Å². The monoisotopic (exact) mass is 243 g/mol. The van der Waals surface area contributed by atoms with Gasteiger partial charge in [0.15, 0.2) is 0 Å². The lowest BCUT2D eigenvalue weighted by atomic mass is 10.1. The molecule has 0 radical (unpaired) electrons. The highest BCUT2D eigenvalue weighted by Crippen LogP contribution is 2.17. The van der Waals surface area contributed by atoms with Crippen molar-refractivity contribution >= 4 is 5.69 Å². The molecule has 0 aliphatic rings. The van der Waals surface area contributed by atoms with Gasteiger partial charge in [0.25, 0.3) is 0 Å². The summed E-state index contributed by atoms with van der Waals surface area (Å²) in [6.45, 7) is 4.82. The number of nitrogens with zero attached hydrogens (tertiary/aromatic N) is 2. The molecule has 0 unspecified atom stereocenters. The number of anilines is 1. The third kappa shape index (κ3) is 2.97. The van der Waals surface area contributed by atoms with E-state index < -0.39 is 0 Å². The number of aryl methyl sites for hydroxylation is 2. The lowest BCUT2D eigenvalue weighted by molar-refractivity contribution is 0.391. The molecule has 0 amide bonds. The second kappa shape index (κ2) is 5.49. The standard InChI is InChI=1S/C14H17N3O/c1-10-4-5-11(2)13(8-10)15-9-12-6-7-14(18-3)17-16-12/h4-8,15H,9H2,1-3H3. The maximum Gasteiger partial charge on any atom is 0.233 e. The molecule has 1 heterocycles. The Balaban J connectivity index is 2.04. The van der Waals surface area contributed by atoms with Gasteiger partial charge < -0.3 is 10.1 Å². The Morgan fingerprint density at radius 2 is 1.94 bits per heavy atom. The van der Waals surface area contributed by atoms with Crippen molar-refractivity contribution in [1.82, 2.24) is 10.2 Å². The van der Waals surface area contributed by atoms with E-state index in [9.17, 15) is 0 Å². The number of methoxy groups -OCH3 is 1. The molecular formula is C14H17N3O. The average Bonchev–Trinajstić information content (AvgIpc) is 2.40. The van der Waals surface area contributed by atoms with Crippen molar-refractivity contribution in [2.45, 2.75) is 20.4 Å². The third-order valence-electron chi connectivity index (χ3n) is 2.76. The number of rotatable bonds is 4. The minimum Gasteiger partial charge on any atom is -0.480 e. The van der Waals surface area contributed by atoms with Gasteiger partial charge in [-0.1, -0.05) is 12.1 Å². The number of nitrogens with one attached hydrogen (secondary N) is 1. The average molecular weight is 243 g/mol. The van der Waals surface area contributed by atoms with Crippen LogP contribution in [0.4, 0.5) is 5.69 Å². The maximum absolute atomic E-state index is 4.97. The van der Waals surface area contributed by atoms with Gasteiger partial charge in [-0.15, -0.1) is 5.10 Å². The van der Waals surface area contributed by atoms with Gasteiger partial charge in [0, 0.05) is 11.8 Å². The summed E-state index contributed by atoms with van der Waals surface area (Å²) in [5.41, 5.74) is 4.48. The zero-order chi connectivity index (χ0) is 13.0. The summed E-state index contributed by atoms with van der Waals surface area (Å²) in [6.07, 6.45) is 0. The van der Waals surface area contributed by atoms with Crippen molar-refractivity contribution in [1.29, 1.82) is 0 Å². The first kappa shape index (κ1) is 12.4. The van der Waals surface area contributed by atoms with E-state index in [0.29, 0.717) is 12.4 Å². The predicted octanol–water partition coefficient (Wildman–Crippen LogP) is 2.71. The molecule has 2 rings (SSSR count). The van der Waals surface area contributed by atoms with Gasteiger partial charge >= 0.3 is 0 Å². The topological polar surface area (TPSA) is 47.0 Å². The van der Waals surface area contributed by atoms with E-state index in [1.807, 2.05) is 12.1 Å². The third-order valence-corrected chi connectivity index (χ3v) is 2.76. The van der Waals surface area contributed by atoms with Crippen LogP contribution in [0, 0.1) is 13.8 Å². The smallest absolute Gasteiger partial charge is 0.233 e. The van der Waals surface area contributed by atoms with Crippen LogP contribution in [0.1, 0.15) is 16.8 Å². The van der Waals surface area contributed by atoms with Crippen LogP contribution in [0.5, 0.6) is 5.88 Å². The molecule has 0 bridgehead atoms. The van der Waals surface area contributed by atoms with Gasteiger partial charge in [-0.05, 0) is 37.1 Å². The summed E-state index contributed by atoms with van der Waals surface area (Å²) in [5, 5.41) is 11.4. The molecule has 0 saturated carbocycles. The molecule has 2 aromatic rings. The minimum atomic E-state index is 0.533. The number of hydrogen-bond donors (Lipinski definition) is 1. The summed E-state index contributed by atoms with van der Waals surface area (Å²) < 4.78 is 4.97. The van der Waals surface area contributed by atoms with Gasteiger partial charge in [0.2, 0.25) is 5.88 Å². The molecule has 1 aromatic carbocycles. The van der Waals surface area contributed by atoms with E-state index in [0.717, 1.165) is 11.4 Å². The summed E-state index contributed by atoms with van der Waals surface area (Å²) in [4.78, 5) is 0. The van der Waals surface area contributed by atoms with Gasteiger partial charge in [-0.25, -0.2) is 0 Å². The Morgan fingerprint density at radius 3 is 2.61 bits per heavy atom. The van der Waals surface area contributed by atoms with Crippen LogP contribution < -0.4 is 10.1 Å². The summed E-state index contributed by atoms with van der Waals surface area (Å²) in [5.74, 6) is 0.533. The first-order chi connectivity index (χ1) is 8.69. The zero-order valence-corrected chi connectivity index (χ0v) is 10.9. The Kier molecular flexibility index (Phi) is 3.77. The Morgan fingerprint density at radius 1 is 1.11 bits per heavy atom. The number of ether oxygens (including phenoxy) is 1. The summed E-state index contributed by atoms with van der Waals surface area (Å²) >= 11 is 0. The van der Waals surface area contributed by atoms with Crippen molar-refractivity contribution < 1.29 is 4.74 Å². The first-order valence-electron chi connectivity index (χ1n) is 5.87. The van der Waals surface area contributed by atoms with Crippen LogP contribution in [0.2, 0.25) is 0 Å². The van der Waals surface area contributed by atoms with Crippen LogP contribution in [0.15, 0.2) is 30.3 Å². The molecule has 1 aromatic heterocycles. The number of aromatic nitrogens is 2. The van der Waals surface area contributed by atoms with E-state index >= 15 is 0 Å². The van der Waals surface area contributed by atoms with Gasteiger partial charge in [0.1, 0.15) is 0 Å². The van der Waals surface area contributed by atoms with Crippen molar-refractivity contribution in [2.24, 2.45) is 0 Å². The molecular weight excluding hydrogens is 226 g/mol. The van der Waals surface area contributed by atoms with E-state index in [-0.39, 0.29) is 0 Å². The van der Waals surface area contributed by atoms with Crippen LogP contribution in [0.3, 0.4) is 0 Å². The molecule has 18 heavy (non-hydrogen) atoms. The van der Waals surface area contributed by atoms with Crippen LogP contribution in [-0.4, -0.2) is 17.3 Å². The summed E-state index contributed by atoms with van der Waals surface area (Å²) in [7, 11) is 1.58. The molecule has 4 nitrogen and oxygen atoms in total. The Hall–Kier alpha value is -2.10. The van der Waals surface area contributed by atoms with E-state index in [2.05, 4.69) is 47.6 Å². The van der Waals surface area contributed by atoms with Crippen molar-refractivity contribution in [3.05, 3.63) is 47.2 Å². The fraction of sp³-hybridized carbons (Fsp3) is 0.286. The normalized spacial score (nSPS) is 10.2. The van der Waals surface area contributed by atoms with E-state index in [1.165, 1.54) is 11.1 Å². The largest absolute Gasteiger partial charge is 0.480 e. The highest BCUT2D eigenvalue weighted by molar-refractivity contribution is 5.52. The molecule has 0 saturated heterocycles. The Labute approximate surface area is 107 Å². The first-order valence-corrected chi connectivity index (χ1v) is 5.87. The number of benzene rings is 1.